The summed E-state index contributed by atoms with van der Waals surface area (Å²) >= 11 is 0. The summed E-state index contributed by atoms with van der Waals surface area (Å²) in [4.78, 5) is 0. The maximum atomic E-state index is 6.25. The third kappa shape index (κ3) is 6.45. The first-order valence-corrected chi connectivity index (χ1v) is 13.1. The van der Waals surface area contributed by atoms with Gasteiger partial charge in [-0.05, 0) is 33.1 Å². The van der Waals surface area contributed by atoms with Gasteiger partial charge in [-0.3, -0.25) is 12.2 Å². The Bertz CT molecular complexity index is 511. The van der Waals surface area contributed by atoms with Crippen LogP contribution < -0.4 is 24.8 Å². The molecule has 0 N–H and O–H groups in total. The molecule has 2 aliphatic carbocycles. The van der Waals surface area contributed by atoms with Crippen molar-refractivity contribution in [1.82, 2.24) is 0 Å². The minimum Gasteiger partial charge on any atom is -1.00 e. The van der Waals surface area contributed by atoms with Gasteiger partial charge in [0.15, 0.2) is 8.32 Å². The number of allylic oxidation sites excluding steroid dienone is 7. The fraction of sp³-hybridized carbons (Fsp3) is 0.500. The Hall–Kier alpha value is 0.617. The van der Waals surface area contributed by atoms with Crippen molar-refractivity contribution >= 4 is 16.6 Å². The van der Waals surface area contributed by atoms with Crippen LogP contribution in [0.2, 0.25) is 26.2 Å². The Labute approximate surface area is 174 Å². The number of hydrogen-bond donors (Lipinski definition) is 0. The van der Waals surface area contributed by atoms with Crippen LogP contribution in [0, 0.1) is 12.2 Å². The van der Waals surface area contributed by atoms with Crippen LogP contribution in [0.1, 0.15) is 19.8 Å². The number of rotatable bonds is 6. The van der Waals surface area contributed by atoms with Crippen molar-refractivity contribution in [3.63, 3.8) is 0 Å². The third-order valence-electron chi connectivity index (χ3n) is 3.35. The molecule has 0 aromatic heterocycles. The summed E-state index contributed by atoms with van der Waals surface area (Å²) < 4.78 is 12.5. The fourth-order valence-electron chi connectivity index (χ4n) is 2.57. The molecular formula is C16H24Cl2O2Si2Zr. The Kier molecular flexibility index (Phi) is 11.9. The molecule has 0 aliphatic heterocycles. The van der Waals surface area contributed by atoms with Crippen molar-refractivity contribution in [3.05, 3.63) is 46.5 Å². The van der Waals surface area contributed by atoms with E-state index in [4.69, 9.17) is 8.85 Å². The molecule has 126 valence electrons. The van der Waals surface area contributed by atoms with Gasteiger partial charge in [-0.2, -0.15) is 11.3 Å². The summed E-state index contributed by atoms with van der Waals surface area (Å²) in [5, 5.41) is 2.41. The molecule has 0 spiro atoms. The monoisotopic (exact) mass is 464 g/mol. The van der Waals surface area contributed by atoms with Gasteiger partial charge in [0.1, 0.15) is 0 Å². The zero-order valence-electron chi connectivity index (χ0n) is 14.4. The average molecular weight is 467 g/mol. The molecule has 0 aromatic rings. The summed E-state index contributed by atoms with van der Waals surface area (Å²) in [6.07, 6.45) is 15.1. The minimum absolute atomic E-state index is 0. The van der Waals surface area contributed by atoms with Gasteiger partial charge in [-0.25, -0.2) is 11.3 Å². The van der Waals surface area contributed by atoms with E-state index in [1.807, 2.05) is 0 Å². The van der Waals surface area contributed by atoms with Crippen LogP contribution in [0.25, 0.3) is 0 Å². The average Bonchev–Trinajstić information content (AvgIpc) is 2.96. The number of halogens is 2. The van der Waals surface area contributed by atoms with Crippen molar-refractivity contribution < 1.29 is 59.9 Å². The molecule has 2 rings (SSSR count). The molecule has 1 unspecified atom stereocenters. The van der Waals surface area contributed by atoms with Crippen LogP contribution in [-0.4, -0.2) is 23.2 Å². The Morgan fingerprint density at radius 1 is 1.09 bits per heavy atom. The van der Waals surface area contributed by atoms with Gasteiger partial charge >= 0.3 is 26.2 Å². The van der Waals surface area contributed by atoms with E-state index in [1.165, 1.54) is 10.4 Å². The maximum Gasteiger partial charge on any atom is 4.00 e. The molecule has 0 saturated carbocycles. The van der Waals surface area contributed by atoms with E-state index in [-0.39, 0.29) is 51.0 Å². The molecule has 0 aromatic carbocycles. The molecule has 23 heavy (non-hydrogen) atoms. The van der Waals surface area contributed by atoms with Crippen molar-refractivity contribution in [2.45, 2.75) is 46.0 Å². The molecule has 0 radical (unpaired) electrons. The van der Waals surface area contributed by atoms with Gasteiger partial charge in [0.2, 0.25) is 8.32 Å². The van der Waals surface area contributed by atoms with Crippen molar-refractivity contribution in [2.75, 3.05) is 6.61 Å². The van der Waals surface area contributed by atoms with Crippen LogP contribution in [0.15, 0.2) is 34.4 Å². The third-order valence-corrected chi connectivity index (χ3v) is 7.79. The first-order valence-electron chi connectivity index (χ1n) is 7.29. The van der Waals surface area contributed by atoms with Crippen molar-refractivity contribution in [3.8, 4) is 0 Å². The van der Waals surface area contributed by atoms with Crippen molar-refractivity contribution in [2.24, 2.45) is 0 Å². The standard InChI is InChI=1S/C16H24O2Si2.2ClH.Zr/c1-6-17-20(5,14-10-7-8-11-14)16-13-9-12-15(16)18-19(2,3)4;;;/h7,10,12H,6,8-9H2,1-5H3;2*1H;/q-2;;;+4/p-2. The smallest absolute Gasteiger partial charge is 1.00 e. The summed E-state index contributed by atoms with van der Waals surface area (Å²) in [5.41, 5.74) is 0. The van der Waals surface area contributed by atoms with E-state index < -0.39 is 16.6 Å². The van der Waals surface area contributed by atoms with E-state index in [2.05, 4.69) is 63.5 Å². The molecule has 1 atom stereocenters. The summed E-state index contributed by atoms with van der Waals surface area (Å²) in [6, 6.07) is 0. The molecule has 2 nitrogen and oxygen atoms in total. The molecular weight excluding hydrogens is 442 g/mol. The van der Waals surface area contributed by atoms with Crippen LogP contribution in [-0.2, 0) is 35.1 Å². The first-order chi connectivity index (χ1) is 9.37. The van der Waals surface area contributed by atoms with Crippen LogP contribution >= 0.6 is 0 Å². The zero-order chi connectivity index (χ0) is 14.8. The summed E-state index contributed by atoms with van der Waals surface area (Å²) in [5.74, 6) is 1.02. The normalized spacial score (nSPS) is 18.6. The molecule has 0 fully saturated rings. The second-order valence-electron chi connectivity index (χ2n) is 6.20. The predicted molar refractivity (Wildman–Crippen MR) is 87.6 cm³/mol. The summed E-state index contributed by atoms with van der Waals surface area (Å²) in [6.45, 7) is 11.7. The van der Waals surface area contributed by atoms with Gasteiger partial charge in [0, 0.05) is 6.61 Å². The van der Waals surface area contributed by atoms with E-state index in [9.17, 15) is 0 Å². The Morgan fingerprint density at radius 3 is 2.22 bits per heavy atom. The Balaban J connectivity index is 0. The van der Waals surface area contributed by atoms with Gasteiger partial charge in [0.05, 0.1) is 0 Å². The van der Waals surface area contributed by atoms with Crippen molar-refractivity contribution in [1.29, 1.82) is 0 Å². The molecule has 0 heterocycles. The first kappa shape index (κ1) is 25.9. The SMILES string of the molecule is CCO[Si](C)(C1=[C-]CC=C1)C1=[C-]CC=C1O[Si](C)(C)C.[Cl-].[Cl-].[Zr+4]. The maximum absolute atomic E-state index is 6.25. The van der Waals surface area contributed by atoms with Gasteiger partial charge < -0.3 is 33.7 Å². The summed E-state index contributed by atoms with van der Waals surface area (Å²) in [7, 11) is -3.81. The van der Waals surface area contributed by atoms with E-state index in [1.54, 1.807) is 0 Å². The second-order valence-corrected chi connectivity index (χ2v) is 14.0. The molecule has 0 amide bonds. The van der Waals surface area contributed by atoms with Gasteiger partial charge in [0.25, 0.3) is 0 Å². The quantitative estimate of drug-likeness (QED) is 0.341. The largest absolute Gasteiger partial charge is 4.00 e. The Morgan fingerprint density at radius 2 is 1.74 bits per heavy atom. The fourth-order valence-corrected chi connectivity index (χ4v) is 6.60. The van der Waals surface area contributed by atoms with Crippen LogP contribution in [0.4, 0.5) is 0 Å². The van der Waals surface area contributed by atoms with E-state index >= 15 is 0 Å². The topological polar surface area (TPSA) is 18.5 Å². The minimum atomic E-state index is -2.19. The second kappa shape index (κ2) is 10.6. The zero-order valence-corrected chi connectivity index (χ0v) is 20.4. The predicted octanol–water partition coefficient (Wildman–Crippen LogP) is -1.76. The molecule has 2 aliphatic rings. The van der Waals surface area contributed by atoms with Gasteiger partial charge in [-0.15, -0.1) is 18.9 Å². The number of hydrogen-bond acceptors (Lipinski definition) is 2. The van der Waals surface area contributed by atoms with Crippen LogP contribution in [0.3, 0.4) is 0 Å². The van der Waals surface area contributed by atoms with E-state index in [0.717, 1.165) is 18.6 Å². The molecule has 0 bridgehead atoms. The van der Waals surface area contributed by atoms with Crippen LogP contribution in [0.5, 0.6) is 0 Å². The molecule has 7 heteroatoms. The molecule has 0 saturated heterocycles. The van der Waals surface area contributed by atoms with E-state index in [0.29, 0.717) is 6.61 Å². The van der Waals surface area contributed by atoms with Gasteiger partial charge in [-0.1, -0.05) is 5.76 Å².